The number of halogens is 1. The van der Waals surface area contributed by atoms with Crippen molar-refractivity contribution in [2.75, 3.05) is 0 Å². The fraction of sp³-hybridized carbons (Fsp3) is 0.364. The Kier molecular flexibility index (Phi) is 4.59. The van der Waals surface area contributed by atoms with Crippen LogP contribution in [0.3, 0.4) is 0 Å². The number of carboxylic acids is 1. The molecule has 0 aliphatic rings. The van der Waals surface area contributed by atoms with Gasteiger partial charge in [0.15, 0.2) is 0 Å². The van der Waals surface area contributed by atoms with E-state index in [9.17, 15) is 4.79 Å². The van der Waals surface area contributed by atoms with E-state index in [1.54, 1.807) is 0 Å². The molecule has 4 heteroatoms. The van der Waals surface area contributed by atoms with Gasteiger partial charge in [0.1, 0.15) is 6.04 Å². The van der Waals surface area contributed by atoms with Crippen molar-refractivity contribution in [3.05, 3.63) is 34.9 Å². The third-order valence-corrected chi connectivity index (χ3v) is 2.42. The lowest BCUT2D eigenvalue weighted by atomic mass is 10.1. The van der Waals surface area contributed by atoms with Gasteiger partial charge in [0.2, 0.25) is 0 Å². The van der Waals surface area contributed by atoms with Gasteiger partial charge < -0.3 is 10.8 Å². The SMILES string of the molecule is N[C@@H](CCCc1cccc(Cl)c1)C(=O)O. The zero-order chi connectivity index (χ0) is 11.3. The summed E-state index contributed by atoms with van der Waals surface area (Å²) in [7, 11) is 0. The number of hydrogen-bond donors (Lipinski definition) is 2. The summed E-state index contributed by atoms with van der Waals surface area (Å²) in [5.74, 6) is -0.943. The van der Waals surface area contributed by atoms with Crippen molar-refractivity contribution in [1.29, 1.82) is 0 Å². The van der Waals surface area contributed by atoms with Crippen molar-refractivity contribution in [1.82, 2.24) is 0 Å². The van der Waals surface area contributed by atoms with E-state index in [4.69, 9.17) is 22.4 Å². The van der Waals surface area contributed by atoms with Gasteiger partial charge in [-0.05, 0) is 37.0 Å². The molecule has 82 valence electrons. The van der Waals surface area contributed by atoms with E-state index < -0.39 is 12.0 Å². The van der Waals surface area contributed by atoms with E-state index in [-0.39, 0.29) is 0 Å². The minimum absolute atomic E-state index is 0.488. The first-order chi connectivity index (χ1) is 7.09. The Bertz CT molecular complexity index is 341. The minimum atomic E-state index is -0.943. The zero-order valence-corrected chi connectivity index (χ0v) is 9.07. The maximum Gasteiger partial charge on any atom is 0.320 e. The van der Waals surface area contributed by atoms with Gasteiger partial charge in [-0.25, -0.2) is 0 Å². The highest BCUT2D eigenvalue weighted by molar-refractivity contribution is 6.30. The normalized spacial score (nSPS) is 12.4. The first-order valence-corrected chi connectivity index (χ1v) is 5.20. The van der Waals surface area contributed by atoms with Crippen LogP contribution < -0.4 is 5.73 Å². The molecule has 0 saturated carbocycles. The Hall–Kier alpha value is -1.06. The number of rotatable bonds is 5. The summed E-state index contributed by atoms with van der Waals surface area (Å²) >= 11 is 5.82. The molecule has 0 amide bonds. The van der Waals surface area contributed by atoms with Gasteiger partial charge in [-0.1, -0.05) is 23.7 Å². The van der Waals surface area contributed by atoms with Gasteiger partial charge in [0.25, 0.3) is 0 Å². The molecule has 1 aromatic carbocycles. The topological polar surface area (TPSA) is 63.3 Å². The van der Waals surface area contributed by atoms with Crippen molar-refractivity contribution in [2.24, 2.45) is 5.73 Å². The molecule has 0 heterocycles. The molecule has 0 fully saturated rings. The lowest BCUT2D eigenvalue weighted by Gasteiger charge is -2.06. The van der Waals surface area contributed by atoms with Crippen LogP contribution in [0, 0.1) is 0 Å². The van der Waals surface area contributed by atoms with Gasteiger partial charge in [0, 0.05) is 5.02 Å². The van der Waals surface area contributed by atoms with Crippen LogP contribution in [0.5, 0.6) is 0 Å². The van der Waals surface area contributed by atoms with Gasteiger partial charge in [-0.2, -0.15) is 0 Å². The highest BCUT2D eigenvalue weighted by atomic mass is 35.5. The highest BCUT2D eigenvalue weighted by Crippen LogP contribution is 2.13. The molecule has 0 aromatic heterocycles. The van der Waals surface area contributed by atoms with Crippen LogP contribution in [0.25, 0.3) is 0 Å². The van der Waals surface area contributed by atoms with Crippen molar-refractivity contribution in [3.63, 3.8) is 0 Å². The van der Waals surface area contributed by atoms with Crippen LogP contribution in [-0.2, 0) is 11.2 Å². The molecular formula is C11H14ClNO2. The fourth-order valence-corrected chi connectivity index (χ4v) is 1.55. The summed E-state index contributed by atoms with van der Waals surface area (Å²) in [6.45, 7) is 0. The third kappa shape index (κ3) is 4.32. The Morgan fingerprint density at radius 2 is 2.27 bits per heavy atom. The van der Waals surface area contributed by atoms with E-state index in [1.807, 2.05) is 24.3 Å². The summed E-state index contributed by atoms with van der Waals surface area (Å²) in [4.78, 5) is 10.4. The fourth-order valence-electron chi connectivity index (χ4n) is 1.34. The molecule has 0 aliphatic carbocycles. The molecule has 0 radical (unpaired) electrons. The number of benzene rings is 1. The van der Waals surface area contributed by atoms with E-state index in [2.05, 4.69) is 0 Å². The largest absolute Gasteiger partial charge is 0.480 e. The van der Waals surface area contributed by atoms with E-state index in [0.717, 1.165) is 18.4 Å². The molecule has 1 rings (SSSR count). The molecule has 3 nitrogen and oxygen atoms in total. The van der Waals surface area contributed by atoms with Crippen molar-refractivity contribution in [2.45, 2.75) is 25.3 Å². The van der Waals surface area contributed by atoms with Crippen LogP contribution in [-0.4, -0.2) is 17.1 Å². The molecule has 0 spiro atoms. The summed E-state index contributed by atoms with van der Waals surface area (Å²) in [5.41, 5.74) is 6.50. The predicted molar refractivity (Wildman–Crippen MR) is 60.0 cm³/mol. The molecular weight excluding hydrogens is 214 g/mol. The minimum Gasteiger partial charge on any atom is -0.480 e. The number of nitrogens with two attached hydrogens (primary N) is 1. The van der Waals surface area contributed by atoms with Gasteiger partial charge in [-0.15, -0.1) is 0 Å². The van der Waals surface area contributed by atoms with Crippen LogP contribution in [0.1, 0.15) is 18.4 Å². The van der Waals surface area contributed by atoms with Gasteiger partial charge in [0.05, 0.1) is 0 Å². The maximum absolute atomic E-state index is 10.4. The molecule has 0 unspecified atom stereocenters. The first kappa shape index (κ1) is 12.0. The summed E-state index contributed by atoms with van der Waals surface area (Å²) < 4.78 is 0. The summed E-state index contributed by atoms with van der Waals surface area (Å²) in [5, 5.41) is 9.28. The maximum atomic E-state index is 10.4. The molecule has 0 bridgehead atoms. The number of carbonyl (C=O) groups is 1. The lowest BCUT2D eigenvalue weighted by molar-refractivity contribution is -0.138. The zero-order valence-electron chi connectivity index (χ0n) is 8.32. The van der Waals surface area contributed by atoms with Crippen LogP contribution in [0.2, 0.25) is 5.02 Å². The number of hydrogen-bond acceptors (Lipinski definition) is 2. The van der Waals surface area contributed by atoms with Crippen LogP contribution in [0.4, 0.5) is 0 Å². The van der Waals surface area contributed by atoms with Crippen LogP contribution >= 0.6 is 11.6 Å². The monoisotopic (exact) mass is 227 g/mol. The summed E-state index contributed by atoms with van der Waals surface area (Å²) in [6.07, 6.45) is 2.05. The smallest absolute Gasteiger partial charge is 0.320 e. The number of carboxylic acid groups (broad SMARTS) is 1. The Morgan fingerprint density at radius 1 is 1.53 bits per heavy atom. The second kappa shape index (κ2) is 5.73. The molecule has 1 aromatic rings. The Labute approximate surface area is 93.9 Å². The lowest BCUT2D eigenvalue weighted by Crippen LogP contribution is -2.29. The molecule has 3 N–H and O–H groups in total. The first-order valence-electron chi connectivity index (χ1n) is 4.82. The quantitative estimate of drug-likeness (QED) is 0.810. The van der Waals surface area contributed by atoms with Gasteiger partial charge in [-0.3, -0.25) is 4.79 Å². The van der Waals surface area contributed by atoms with Crippen LogP contribution in [0.15, 0.2) is 24.3 Å². The summed E-state index contributed by atoms with van der Waals surface area (Å²) in [6, 6.07) is 6.79. The molecule has 0 aliphatic heterocycles. The van der Waals surface area contributed by atoms with E-state index in [1.165, 1.54) is 0 Å². The van der Waals surface area contributed by atoms with Crippen molar-refractivity contribution in [3.8, 4) is 0 Å². The Morgan fingerprint density at radius 3 is 2.87 bits per heavy atom. The number of aryl methyl sites for hydroxylation is 1. The number of aliphatic carboxylic acids is 1. The third-order valence-electron chi connectivity index (χ3n) is 2.19. The second-order valence-corrected chi connectivity index (χ2v) is 3.90. The average molecular weight is 228 g/mol. The molecule has 0 saturated heterocycles. The standard InChI is InChI=1S/C11H14ClNO2/c12-9-5-1-3-8(7-9)4-2-6-10(13)11(14)15/h1,3,5,7,10H,2,4,6,13H2,(H,14,15)/t10-/m0/s1. The van der Waals surface area contributed by atoms with E-state index in [0.29, 0.717) is 11.4 Å². The average Bonchev–Trinajstić information content (AvgIpc) is 2.17. The molecule has 1 atom stereocenters. The second-order valence-electron chi connectivity index (χ2n) is 3.47. The highest BCUT2D eigenvalue weighted by Gasteiger charge is 2.10. The molecule has 15 heavy (non-hydrogen) atoms. The van der Waals surface area contributed by atoms with Crippen molar-refractivity contribution < 1.29 is 9.90 Å². The van der Waals surface area contributed by atoms with Crippen molar-refractivity contribution >= 4 is 17.6 Å². The van der Waals surface area contributed by atoms with Gasteiger partial charge >= 0.3 is 5.97 Å². The Balaban J connectivity index is 2.35. The van der Waals surface area contributed by atoms with E-state index >= 15 is 0 Å². The predicted octanol–water partition coefficient (Wildman–Crippen LogP) is 2.07.